The maximum atomic E-state index is 8.09. The highest BCUT2D eigenvalue weighted by Gasteiger charge is 1.84. The van der Waals surface area contributed by atoms with E-state index >= 15 is 0 Å². The van der Waals surface area contributed by atoms with E-state index < -0.39 is 0 Å². The molecule has 0 atom stereocenters. The van der Waals surface area contributed by atoms with Crippen LogP contribution in [0, 0.1) is 0 Å². The van der Waals surface area contributed by atoms with Crippen LogP contribution in [0.25, 0.3) is 0 Å². The minimum atomic E-state index is 0.0278. The van der Waals surface area contributed by atoms with Gasteiger partial charge in [0.05, 0.1) is 33.5 Å². The molecule has 6 N–H and O–H groups in total. The number of nitrogens with two attached hydrogens (primary N) is 2. The molecule has 0 amide bonds. The SMILES string of the molecule is COc1ccccc1.NCCCOCCCN.OCCOCCO. The molecule has 0 heterocycles. The Labute approximate surface area is 145 Å². The van der Waals surface area contributed by atoms with Crippen molar-refractivity contribution in [2.45, 2.75) is 12.8 Å². The molecule has 0 saturated heterocycles. The number of hydrogen-bond acceptors (Lipinski definition) is 7. The Bertz CT molecular complexity index is 305. The van der Waals surface area contributed by atoms with Gasteiger partial charge in [-0.2, -0.15) is 0 Å². The van der Waals surface area contributed by atoms with Gasteiger partial charge >= 0.3 is 0 Å². The molecule has 0 aliphatic carbocycles. The Morgan fingerprint density at radius 2 is 1.25 bits per heavy atom. The number of methoxy groups -OCH3 is 1. The van der Waals surface area contributed by atoms with E-state index in [0.29, 0.717) is 26.3 Å². The van der Waals surface area contributed by atoms with Gasteiger partial charge in [-0.1, -0.05) is 18.2 Å². The van der Waals surface area contributed by atoms with E-state index in [4.69, 9.17) is 31.2 Å². The van der Waals surface area contributed by atoms with Crippen molar-refractivity contribution < 1.29 is 24.4 Å². The lowest BCUT2D eigenvalue weighted by molar-refractivity contribution is 0.0650. The second-order valence-corrected chi connectivity index (χ2v) is 4.47. The summed E-state index contributed by atoms with van der Waals surface area (Å²) < 4.78 is 14.7. The summed E-state index contributed by atoms with van der Waals surface area (Å²) in [5, 5.41) is 16.2. The van der Waals surface area contributed by atoms with Gasteiger partial charge in [0.1, 0.15) is 5.75 Å². The van der Waals surface area contributed by atoms with Crippen molar-refractivity contribution in [1.29, 1.82) is 0 Å². The molecule has 0 aromatic heterocycles. The van der Waals surface area contributed by atoms with Gasteiger partial charge in [-0.3, -0.25) is 0 Å². The zero-order chi connectivity index (χ0) is 18.3. The first-order chi connectivity index (χ1) is 11.8. The topological polar surface area (TPSA) is 120 Å². The number of benzene rings is 1. The molecule has 24 heavy (non-hydrogen) atoms. The fourth-order valence-electron chi connectivity index (χ4n) is 1.26. The summed E-state index contributed by atoms with van der Waals surface area (Å²) >= 11 is 0. The van der Waals surface area contributed by atoms with Crippen LogP contribution >= 0.6 is 0 Å². The Kier molecular flexibility index (Phi) is 25.1. The number of ether oxygens (including phenoxy) is 3. The second-order valence-electron chi connectivity index (χ2n) is 4.47. The summed E-state index contributed by atoms with van der Waals surface area (Å²) in [6.07, 6.45) is 1.90. The molecule has 0 spiro atoms. The predicted molar refractivity (Wildman–Crippen MR) is 96.1 cm³/mol. The number of hydrogen-bond donors (Lipinski definition) is 4. The van der Waals surface area contributed by atoms with Crippen LogP contribution in [0.1, 0.15) is 12.8 Å². The van der Waals surface area contributed by atoms with Crippen LogP contribution in [-0.2, 0) is 9.47 Å². The summed E-state index contributed by atoms with van der Waals surface area (Å²) in [4.78, 5) is 0. The van der Waals surface area contributed by atoms with Gasteiger partial charge in [0.25, 0.3) is 0 Å². The number of aliphatic hydroxyl groups is 2. The molecule has 0 saturated carbocycles. The fraction of sp³-hybridized carbons (Fsp3) is 0.647. The molecule has 0 bridgehead atoms. The third kappa shape index (κ3) is 23.1. The second kappa shape index (κ2) is 24.0. The number of aliphatic hydroxyl groups excluding tert-OH is 2. The average molecular weight is 346 g/mol. The van der Waals surface area contributed by atoms with Gasteiger partial charge in [0, 0.05) is 13.2 Å². The molecule has 0 aliphatic heterocycles. The van der Waals surface area contributed by atoms with Crippen LogP contribution in [0.5, 0.6) is 5.75 Å². The first-order valence-electron chi connectivity index (χ1n) is 8.13. The monoisotopic (exact) mass is 346 g/mol. The molecule has 0 fully saturated rings. The summed E-state index contributed by atoms with van der Waals surface area (Å²) in [7, 11) is 1.66. The molecule has 142 valence electrons. The lowest BCUT2D eigenvalue weighted by Crippen LogP contribution is -2.08. The molecule has 1 aromatic carbocycles. The highest BCUT2D eigenvalue weighted by molar-refractivity contribution is 5.20. The first kappa shape index (κ1) is 25.0. The number of rotatable bonds is 11. The molecular weight excluding hydrogens is 312 g/mol. The Balaban J connectivity index is 0. The van der Waals surface area contributed by atoms with E-state index in [1.54, 1.807) is 7.11 Å². The smallest absolute Gasteiger partial charge is 0.118 e. The van der Waals surface area contributed by atoms with Crippen molar-refractivity contribution in [3.05, 3.63) is 30.3 Å². The normalized spacial score (nSPS) is 9.38. The van der Waals surface area contributed by atoms with Crippen molar-refractivity contribution in [3.63, 3.8) is 0 Å². The lowest BCUT2D eigenvalue weighted by atomic mass is 10.3. The Hall–Kier alpha value is -1.22. The molecule has 0 unspecified atom stereocenters. The van der Waals surface area contributed by atoms with E-state index in [-0.39, 0.29) is 13.2 Å². The number of para-hydroxylation sites is 1. The van der Waals surface area contributed by atoms with Crippen LogP contribution in [0.2, 0.25) is 0 Å². The van der Waals surface area contributed by atoms with E-state index in [1.807, 2.05) is 30.3 Å². The largest absolute Gasteiger partial charge is 0.497 e. The van der Waals surface area contributed by atoms with Crippen LogP contribution in [0.4, 0.5) is 0 Å². The quantitative estimate of drug-likeness (QED) is 0.428. The van der Waals surface area contributed by atoms with Gasteiger partial charge in [0.15, 0.2) is 0 Å². The van der Waals surface area contributed by atoms with Crippen LogP contribution in [-0.4, -0.2) is 70.1 Å². The van der Waals surface area contributed by atoms with Gasteiger partial charge in [-0.15, -0.1) is 0 Å². The van der Waals surface area contributed by atoms with Crippen LogP contribution in [0.15, 0.2) is 30.3 Å². The van der Waals surface area contributed by atoms with Crippen LogP contribution < -0.4 is 16.2 Å². The van der Waals surface area contributed by atoms with E-state index in [0.717, 1.165) is 31.8 Å². The molecule has 7 heteroatoms. The molecule has 0 aliphatic rings. The summed E-state index contributed by atoms with van der Waals surface area (Å²) in [5.41, 5.74) is 10.5. The maximum Gasteiger partial charge on any atom is 0.118 e. The zero-order valence-corrected chi connectivity index (χ0v) is 14.7. The third-order valence-electron chi connectivity index (χ3n) is 2.44. The van der Waals surface area contributed by atoms with E-state index in [2.05, 4.69) is 4.74 Å². The van der Waals surface area contributed by atoms with E-state index in [1.165, 1.54) is 0 Å². The van der Waals surface area contributed by atoms with Crippen molar-refractivity contribution in [2.75, 3.05) is 59.8 Å². The molecular formula is C17H34N2O5. The zero-order valence-electron chi connectivity index (χ0n) is 14.7. The Morgan fingerprint density at radius 1 is 0.792 bits per heavy atom. The minimum Gasteiger partial charge on any atom is -0.497 e. The van der Waals surface area contributed by atoms with Crippen molar-refractivity contribution in [1.82, 2.24) is 0 Å². The average Bonchev–Trinajstić information content (AvgIpc) is 2.64. The van der Waals surface area contributed by atoms with Gasteiger partial charge in [0.2, 0.25) is 0 Å². The molecule has 0 radical (unpaired) electrons. The molecule has 1 rings (SSSR count). The standard InChI is InChI=1S/C7H8O.C6H16N2O.C4H10O3/c1-8-7-5-3-2-4-6-7;7-3-1-5-9-6-2-4-8;5-1-3-7-4-2-6/h2-6H,1H3;1-8H2;5-6H,1-4H2. The van der Waals surface area contributed by atoms with Crippen molar-refractivity contribution >= 4 is 0 Å². The highest BCUT2D eigenvalue weighted by atomic mass is 16.5. The molecule has 1 aromatic rings. The lowest BCUT2D eigenvalue weighted by Gasteiger charge is -1.99. The highest BCUT2D eigenvalue weighted by Crippen LogP contribution is 2.05. The van der Waals surface area contributed by atoms with Crippen LogP contribution in [0.3, 0.4) is 0 Å². The van der Waals surface area contributed by atoms with Crippen molar-refractivity contribution in [2.24, 2.45) is 11.5 Å². The summed E-state index contributed by atoms with van der Waals surface area (Å²) in [5.74, 6) is 0.910. The Morgan fingerprint density at radius 3 is 1.58 bits per heavy atom. The summed E-state index contributed by atoms with van der Waals surface area (Å²) in [6, 6.07) is 9.68. The maximum absolute atomic E-state index is 8.09. The van der Waals surface area contributed by atoms with Gasteiger partial charge in [-0.25, -0.2) is 0 Å². The minimum absolute atomic E-state index is 0.0278. The van der Waals surface area contributed by atoms with Crippen molar-refractivity contribution in [3.8, 4) is 5.75 Å². The fourth-order valence-corrected chi connectivity index (χ4v) is 1.26. The third-order valence-corrected chi connectivity index (χ3v) is 2.44. The predicted octanol–water partition coefficient (Wildman–Crippen LogP) is 0.383. The van der Waals surface area contributed by atoms with Gasteiger partial charge in [-0.05, 0) is 38.1 Å². The molecule has 7 nitrogen and oxygen atoms in total. The van der Waals surface area contributed by atoms with E-state index in [9.17, 15) is 0 Å². The van der Waals surface area contributed by atoms with Gasteiger partial charge < -0.3 is 35.9 Å². The summed E-state index contributed by atoms with van der Waals surface area (Å²) in [6.45, 7) is 3.67. The first-order valence-corrected chi connectivity index (χ1v) is 8.13.